The predicted octanol–water partition coefficient (Wildman–Crippen LogP) is 4.23. The number of aryl methyl sites for hydroxylation is 1. The Kier molecular flexibility index (Phi) is 5.94. The van der Waals surface area contributed by atoms with E-state index >= 15 is 0 Å². The first kappa shape index (κ1) is 20.3. The fourth-order valence-electron chi connectivity index (χ4n) is 3.59. The summed E-state index contributed by atoms with van der Waals surface area (Å²) in [5, 5.41) is 3.97. The molecular weight excluding hydrogens is 400 g/mol. The number of thiazole rings is 1. The molecule has 30 heavy (non-hydrogen) atoms. The fourth-order valence-corrected chi connectivity index (χ4v) is 4.67. The topological polar surface area (TPSA) is 66.9 Å². The Morgan fingerprint density at radius 2 is 1.93 bits per heavy atom. The van der Waals surface area contributed by atoms with Crippen LogP contribution in [0.5, 0.6) is 11.5 Å². The normalized spacial score (nSPS) is 14.1. The molecule has 3 aromatic rings. The molecule has 0 aliphatic carbocycles. The molecule has 2 aromatic carbocycles. The van der Waals surface area contributed by atoms with Gasteiger partial charge >= 0.3 is 6.03 Å². The fraction of sp³-hybridized carbons (Fsp3) is 0.364. The summed E-state index contributed by atoms with van der Waals surface area (Å²) in [5.74, 6) is 1.11. The Labute approximate surface area is 180 Å². The van der Waals surface area contributed by atoms with Gasteiger partial charge in [-0.3, -0.25) is 0 Å². The number of ether oxygens (including phenoxy) is 2. The lowest BCUT2D eigenvalue weighted by Crippen LogP contribution is -2.50. The van der Waals surface area contributed by atoms with Gasteiger partial charge in [-0.25, -0.2) is 9.78 Å². The van der Waals surface area contributed by atoms with Crippen molar-refractivity contribution in [2.75, 3.05) is 50.6 Å². The van der Waals surface area contributed by atoms with Crippen LogP contribution < -0.4 is 19.7 Å². The molecule has 8 heteroatoms. The number of piperazine rings is 1. The zero-order chi connectivity index (χ0) is 21.1. The number of anilines is 2. The zero-order valence-corrected chi connectivity index (χ0v) is 18.3. The largest absolute Gasteiger partial charge is 0.493 e. The van der Waals surface area contributed by atoms with Crippen molar-refractivity contribution in [3.63, 3.8) is 0 Å². The quantitative estimate of drug-likeness (QED) is 0.661. The number of hydrogen-bond donors (Lipinski definition) is 1. The van der Waals surface area contributed by atoms with Gasteiger partial charge in [-0.15, -0.1) is 0 Å². The molecule has 1 N–H and O–H groups in total. The van der Waals surface area contributed by atoms with Gasteiger partial charge in [0.2, 0.25) is 0 Å². The molecule has 7 nitrogen and oxygen atoms in total. The highest BCUT2D eigenvalue weighted by atomic mass is 32.1. The van der Waals surface area contributed by atoms with Gasteiger partial charge in [0.25, 0.3) is 0 Å². The molecule has 0 radical (unpaired) electrons. The number of para-hydroxylation sites is 1. The Bertz CT molecular complexity index is 1040. The van der Waals surface area contributed by atoms with Gasteiger partial charge in [0.05, 0.1) is 30.1 Å². The summed E-state index contributed by atoms with van der Waals surface area (Å²) in [5.41, 5.74) is 2.96. The lowest BCUT2D eigenvalue weighted by atomic mass is 10.2. The van der Waals surface area contributed by atoms with Gasteiger partial charge in [0.15, 0.2) is 16.6 Å². The molecule has 1 aliphatic rings. The molecule has 0 saturated carbocycles. The maximum absolute atomic E-state index is 12.8. The van der Waals surface area contributed by atoms with Crippen LogP contribution in [0.15, 0.2) is 36.4 Å². The molecule has 2 heterocycles. The first-order valence-electron chi connectivity index (χ1n) is 10.0. The molecule has 1 aliphatic heterocycles. The average molecular weight is 427 g/mol. The van der Waals surface area contributed by atoms with Crippen molar-refractivity contribution < 1.29 is 14.3 Å². The molecule has 158 valence electrons. The standard InChI is InChI=1S/C22H26N4O3S/c1-4-15-8-9-16-19(14-15)30-22(24-16)26-12-10-25(11-13-26)21(27)23-17-6-5-7-18(28-2)20(17)29-3/h5-9,14H,4,10-13H2,1-3H3,(H,23,27). The number of nitrogens with one attached hydrogen (secondary N) is 1. The van der Waals surface area contributed by atoms with Crippen molar-refractivity contribution in [2.45, 2.75) is 13.3 Å². The van der Waals surface area contributed by atoms with Crippen LogP contribution in [-0.2, 0) is 6.42 Å². The van der Waals surface area contributed by atoms with E-state index in [0.717, 1.165) is 30.2 Å². The van der Waals surface area contributed by atoms with Crippen molar-refractivity contribution in [3.8, 4) is 11.5 Å². The molecule has 2 amide bonds. The third kappa shape index (κ3) is 4.00. The van der Waals surface area contributed by atoms with Crippen LogP contribution in [0.2, 0.25) is 0 Å². The molecular formula is C22H26N4O3S. The van der Waals surface area contributed by atoms with Gasteiger partial charge in [0, 0.05) is 26.2 Å². The third-order valence-corrected chi connectivity index (χ3v) is 6.41. The molecule has 0 unspecified atom stereocenters. The van der Waals surface area contributed by atoms with Gasteiger partial charge < -0.3 is 24.6 Å². The van der Waals surface area contributed by atoms with Crippen molar-refractivity contribution in [2.24, 2.45) is 0 Å². The van der Waals surface area contributed by atoms with Gasteiger partial charge in [-0.1, -0.05) is 30.4 Å². The van der Waals surface area contributed by atoms with Crippen LogP contribution >= 0.6 is 11.3 Å². The highest BCUT2D eigenvalue weighted by Gasteiger charge is 2.24. The van der Waals surface area contributed by atoms with Crippen molar-refractivity contribution >= 4 is 38.4 Å². The number of fused-ring (bicyclic) bond motifs is 1. The van der Waals surface area contributed by atoms with E-state index in [1.165, 1.54) is 10.3 Å². The van der Waals surface area contributed by atoms with Gasteiger partial charge in [-0.05, 0) is 36.2 Å². The minimum atomic E-state index is -0.141. The van der Waals surface area contributed by atoms with Gasteiger partial charge in [0.1, 0.15) is 0 Å². The van der Waals surface area contributed by atoms with E-state index < -0.39 is 0 Å². The molecule has 0 bridgehead atoms. The van der Waals surface area contributed by atoms with E-state index in [1.54, 1.807) is 37.7 Å². The van der Waals surface area contributed by atoms with E-state index in [4.69, 9.17) is 14.5 Å². The number of rotatable bonds is 5. The Balaban J connectivity index is 1.40. The first-order valence-corrected chi connectivity index (χ1v) is 10.9. The number of carbonyl (C=O) groups excluding carboxylic acids is 1. The summed E-state index contributed by atoms with van der Waals surface area (Å²) in [6.45, 7) is 4.93. The van der Waals surface area contributed by atoms with Crippen molar-refractivity contribution in [3.05, 3.63) is 42.0 Å². The van der Waals surface area contributed by atoms with E-state index in [1.807, 2.05) is 11.0 Å². The lowest BCUT2D eigenvalue weighted by Gasteiger charge is -2.34. The number of aromatic nitrogens is 1. The minimum Gasteiger partial charge on any atom is -0.493 e. The second-order valence-corrected chi connectivity index (χ2v) is 8.11. The minimum absolute atomic E-state index is 0.141. The maximum atomic E-state index is 12.8. The Morgan fingerprint density at radius 3 is 2.63 bits per heavy atom. The zero-order valence-electron chi connectivity index (χ0n) is 17.5. The predicted molar refractivity (Wildman–Crippen MR) is 121 cm³/mol. The monoisotopic (exact) mass is 426 g/mol. The van der Waals surface area contributed by atoms with Crippen LogP contribution in [0.25, 0.3) is 10.2 Å². The molecule has 0 spiro atoms. The van der Waals surface area contributed by atoms with Crippen molar-refractivity contribution in [1.82, 2.24) is 9.88 Å². The average Bonchev–Trinajstić information content (AvgIpc) is 3.22. The van der Waals surface area contributed by atoms with Crippen LogP contribution in [0.1, 0.15) is 12.5 Å². The van der Waals surface area contributed by atoms with Crippen LogP contribution in [0.4, 0.5) is 15.6 Å². The number of urea groups is 1. The highest BCUT2D eigenvalue weighted by Crippen LogP contribution is 2.35. The Morgan fingerprint density at radius 1 is 1.13 bits per heavy atom. The highest BCUT2D eigenvalue weighted by molar-refractivity contribution is 7.22. The third-order valence-electron chi connectivity index (χ3n) is 5.33. The lowest BCUT2D eigenvalue weighted by molar-refractivity contribution is 0.208. The molecule has 1 saturated heterocycles. The number of nitrogens with zero attached hydrogens (tertiary/aromatic N) is 3. The number of carbonyl (C=O) groups is 1. The second-order valence-electron chi connectivity index (χ2n) is 7.10. The smallest absolute Gasteiger partial charge is 0.322 e. The van der Waals surface area contributed by atoms with E-state index in [9.17, 15) is 4.79 Å². The molecule has 1 aromatic heterocycles. The van der Waals surface area contributed by atoms with Crippen LogP contribution in [-0.4, -0.2) is 56.3 Å². The molecule has 4 rings (SSSR count). The number of hydrogen-bond acceptors (Lipinski definition) is 6. The molecule has 0 atom stereocenters. The van der Waals surface area contributed by atoms with Crippen LogP contribution in [0.3, 0.4) is 0 Å². The van der Waals surface area contributed by atoms with Crippen LogP contribution in [0, 0.1) is 0 Å². The van der Waals surface area contributed by atoms with Crippen molar-refractivity contribution in [1.29, 1.82) is 0 Å². The SMILES string of the molecule is CCc1ccc2nc(N3CCN(C(=O)Nc4cccc(OC)c4OC)CC3)sc2c1. The molecule has 1 fully saturated rings. The second kappa shape index (κ2) is 8.79. The summed E-state index contributed by atoms with van der Waals surface area (Å²) in [7, 11) is 3.14. The number of methoxy groups -OCH3 is 2. The van der Waals surface area contributed by atoms with E-state index in [-0.39, 0.29) is 6.03 Å². The first-order chi connectivity index (χ1) is 14.6. The number of benzene rings is 2. The Hall–Kier alpha value is -3.00. The summed E-state index contributed by atoms with van der Waals surface area (Å²) in [4.78, 5) is 21.6. The van der Waals surface area contributed by atoms with E-state index in [0.29, 0.717) is 30.3 Å². The van der Waals surface area contributed by atoms with Gasteiger partial charge in [-0.2, -0.15) is 0 Å². The summed E-state index contributed by atoms with van der Waals surface area (Å²) in [6, 6.07) is 11.8. The maximum Gasteiger partial charge on any atom is 0.322 e. The summed E-state index contributed by atoms with van der Waals surface area (Å²) < 4.78 is 11.9. The summed E-state index contributed by atoms with van der Waals surface area (Å²) >= 11 is 1.72. The number of amides is 2. The van der Waals surface area contributed by atoms with E-state index in [2.05, 4.69) is 35.3 Å². The summed E-state index contributed by atoms with van der Waals surface area (Å²) in [6.07, 6.45) is 1.02.